The van der Waals surface area contributed by atoms with E-state index in [0.717, 1.165) is 4.90 Å². The number of benzene rings is 1. The van der Waals surface area contributed by atoms with E-state index in [-0.39, 0.29) is 6.61 Å². The van der Waals surface area contributed by atoms with E-state index in [0.29, 0.717) is 10.6 Å². The zero-order valence-electron chi connectivity index (χ0n) is 9.07. The number of hydrogen-bond acceptors (Lipinski definition) is 4. The van der Waals surface area contributed by atoms with Crippen molar-refractivity contribution in [3.05, 3.63) is 28.8 Å². The van der Waals surface area contributed by atoms with Gasteiger partial charge in [0.15, 0.2) is 6.10 Å². The Balaban J connectivity index is 3.06. The number of hydrogen-bond donors (Lipinski definition) is 1. The quantitative estimate of drug-likeness (QED) is 0.668. The predicted molar refractivity (Wildman–Crippen MR) is 64.8 cm³/mol. The Bertz CT molecular complexity index is 381. The molecule has 0 aromatic heterocycles. The van der Waals surface area contributed by atoms with Gasteiger partial charge in [0.05, 0.1) is 6.61 Å². The minimum Gasteiger partial charge on any atom is -0.464 e. The number of aliphatic hydroxyl groups excluding tert-OH is 1. The maximum absolute atomic E-state index is 11.4. The summed E-state index contributed by atoms with van der Waals surface area (Å²) in [6.07, 6.45) is 0.531. The van der Waals surface area contributed by atoms with Crippen molar-refractivity contribution in [2.45, 2.75) is 17.9 Å². The van der Waals surface area contributed by atoms with Gasteiger partial charge in [-0.15, -0.1) is 11.8 Å². The highest BCUT2D eigenvalue weighted by Gasteiger charge is 2.23. The number of aliphatic hydroxyl groups is 1. The second-order valence-corrected chi connectivity index (χ2v) is 4.27. The van der Waals surface area contributed by atoms with E-state index in [1.54, 1.807) is 25.1 Å². The molecule has 1 unspecified atom stereocenters. The van der Waals surface area contributed by atoms with Crippen molar-refractivity contribution in [2.75, 3.05) is 12.9 Å². The second kappa shape index (κ2) is 6.13. The standard InChI is InChI=1S/C11H13ClO3S/c1-3-15-11(14)10(13)9-7(12)5-4-6-8(9)16-2/h4-6,10,13H,3H2,1-2H3. The van der Waals surface area contributed by atoms with E-state index in [9.17, 15) is 9.90 Å². The van der Waals surface area contributed by atoms with E-state index in [4.69, 9.17) is 16.3 Å². The fourth-order valence-electron chi connectivity index (χ4n) is 1.30. The smallest absolute Gasteiger partial charge is 0.339 e. The number of thioether (sulfide) groups is 1. The third kappa shape index (κ3) is 2.90. The van der Waals surface area contributed by atoms with Crippen LogP contribution in [0.4, 0.5) is 0 Å². The molecule has 0 saturated heterocycles. The lowest BCUT2D eigenvalue weighted by Gasteiger charge is -2.14. The second-order valence-electron chi connectivity index (χ2n) is 3.01. The van der Waals surface area contributed by atoms with Crippen LogP contribution in [0.25, 0.3) is 0 Å². The highest BCUT2D eigenvalue weighted by Crippen LogP contribution is 2.32. The predicted octanol–water partition coefficient (Wildman–Crippen LogP) is 2.66. The summed E-state index contributed by atoms with van der Waals surface area (Å²) < 4.78 is 4.76. The van der Waals surface area contributed by atoms with Gasteiger partial charge in [-0.1, -0.05) is 17.7 Å². The van der Waals surface area contributed by atoms with E-state index in [1.807, 2.05) is 6.26 Å². The Kier molecular flexibility index (Phi) is 5.12. The van der Waals surface area contributed by atoms with Crippen LogP contribution in [0, 0.1) is 0 Å². The number of ether oxygens (including phenoxy) is 1. The first kappa shape index (κ1) is 13.4. The van der Waals surface area contributed by atoms with Crippen LogP contribution in [-0.2, 0) is 9.53 Å². The first-order valence-corrected chi connectivity index (χ1v) is 6.39. The van der Waals surface area contributed by atoms with E-state index < -0.39 is 12.1 Å². The normalized spacial score (nSPS) is 12.2. The van der Waals surface area contributed by atoms with Crippen LogP contribution >= 0.6 is 23.4 Å². The van der Waals surface area contributed by atoms with Crippen molar-refractivity contribution in [3.8, 4) is 0 Å². The van der Waals surface area contributed by atoms with Gasteiger partial charge in [-0.3, -0.25) is 0 Å². The van der Waals surface area contributed by atoms with Gasteiger partial charge in [-0.2, -0.15) is 0 Å². The van der Waals surface area contributed by atoms with E-state index in [1.165, 1.54) is 11.8 Å². The van der Waals surface area contributed by atoms with Gasteiger partial charge in [0.25, 0.3) is 0 Å². The van der Waals surface area contributed by atoms with Crippen LogP contribution in [0.5, 0.6) is 0 Å². The number of carbonyl (C=O) groups is 1. The minimum atomic E-state index is -1.32. The monoisotopic (exact) mass is 260 g/mol. The molecule has 88 valence electrons. The highest BCUT2D eigenvalue weighted by molar-refractivity contribution is 7.98. The third-order valence-corrected chi connectivity index (χ3v) is 3.14. The summed E-state index contributed by atoms with van der Waals surface area (Å²) in [5.41, 5.74) is 0.412. The van der Waals surface area contributed by atoms with Crippen LogP contribution in [0.2, 0.25) is 5.02 Å². The Morgan fingerprint density at radius 2 is 2.31 bits per heavy atom. The number of carbonyl (C=O) groups excluding carboxylic acids is 1. The van der Waals surface area contributed by atoms with Crippen molar-refractivity contribution >= 4 is 29.3 Å². The topological polar surface area (TPSA) is 46.5 Å². The molecular formula is C11H13ClO3S. The van der Waals surface area contributed by atoms with Crippen LogP contribution < -0.4 is 0 Å². The van der Waals surface area contributed by atoms with Crippen molar-refractivity contribution in [2.24, 2.45) is 0 Å². The first-order chi connectivity index (χ1) is 7.61. The van der Waals surface area contributed by atoms with Gasteiger partial charge >= 0.3 is 5.97 Å². The summed E-state index contributed by atoms with van der Waals surface area (Å²) in [6.45, 7) is 1.92. The summed E-state index contributed by atoms with van der Waals surface area (Å²) in [5.74, 6) is -0.675. The number of rotatable bonds is 4. The number of esters is 1. The lowest BCUT2D eigenvalue weighted by Crippen LogP contribution is -2.16. The molecule has 1 N–H and O–H groups in total. The van der Waals surface area contributed by atoms with Crippen LogP contribution in [0.15, 0.2) is 23.1 Å². The molecule has 1 rings (SSSR count). The van der Waals surface area contributed by atoms with E-state index >= 15 is 0 Å². The van der Waals surface area contributed by atoms with Gasteiger partial charge in [0, 0.05) is 15.5 Å². The van der Waals surface area contributed by atoms with E-state index in [2.05, 4.69) is 0 Å². The molecule has 0 aliphatic rings. The summed E-state index contributed by atoms with van der Waals surface area (Å²) >= 11 is 7.39. The fraction of sp³-hybridized carbons (Fsp3) is 0.364. The molecule has 0 radical (unpaired) electrons. The van der Waals surface area contributed by atoms with Crippen molar-refractivity contribution in [3.63, 3.8) is 0 Å². The van der Waals surface area contributed by atoms with Gasteiger partial charge in [0.1, 0.15) is 0 Å². The minimum absolute atomic E-state index is 0.231. The van der Waals surface area contributed by atoms with Gasteiger partial charge < -0.3 is 9.84 Å². The van der Waals surface area contributed by atoms with Gasteiger partial charge in [-0.25, -0.2) is 4.79 Å². The molecule has 3 nitrogen and oxygen atoms in total. The molecule has 1 aromatic carbocycles. The summed E-state index contributed by atoms with van der Waals surface area (Å²) in [7, 11) is 0. The highest BCUT2D eigenvalue weighted by atomic mass is 35.5. The SMILES string of the molecule is CCOC(=O)C(O)c1c(Cl)cccc1SC. The summed E-state index contributed by atoms with van der Waals surface area (Å²) in [6, 6.07) is 5.21. The Morgan fingerprint density at radius 3 is 2.88 bits per heavy atom. The Hall–Kier alpha value is -0.710. The van der Waals surface area contributed by atoms with Crippen LogP contribution in [-0.4, -0.2) is 23.9 Å². The molecule has 0 fully saturated rings. The lowest BCUT2D eigenvalue weighted by molar-refractivity contribution is -0.153. The third-order valence-electron chi connectivity index (χ3n) is 2.02. The number of halogens is 1. The summed E-state index contributed by atoms with van der Waals surface area (Å²) in [5, 5.41) is 10.2. The maximum Gasteiger partial charge on any atom is 0.339 e. The summed E-state index contributed by atoms with van der Waals surface area (Å²) in [4.78, 5) is 12.2. The average Bonchev–Trinajstić information content (AvgIpc) is 2.28. The van der Waals surface area contributed by atoms with Gasteiger partial charge in [-0.05, 0) is 25.3 Å². The molecule has 16 heavy (non-hydrogen) atoms. The fourth-order valence-corrected chi connectivity index (χ4v) is 2.29. The molecular weight excluding hydrogens is 248 g/mol. The molecule has 0 heterocycles. The average molecular weight is 261 g/mol. The van der Waals surface area contributed by atoms with Crippen molar-refractivity contribution in [1.29, 1.82) is 0 Å². The Labute approximate surface area is 104 Å². The van der Waals surface area contributed by atoms with Gasteiger partial charge in [0.2, 0.25) is 0 Å². The molecule has 0 saturated carbocycles. The lowest BCUT2D eigenvalue weighted by atomic mass is 10.1. The maximum atomic E-state index is 11.4. The van der Waals surface area contributed by atoms with Crippen molar-refractivity contribution < 1.29 is 14.6 Å². The van der Waals surface area contributed by atoms with Crippen LogP contribution in [0.1, 0.15) is 18.6 Å². The Morgan fingerprint density at radius 1 is 1.62 bits per heavy atom. The first-order valence-electron chi connectivity index (χ1n) is 4.78. The molecule has 0 amide bonds. The largest absolute Gasteiger partial charge is 0.464 e. The molecule has 0 bridgehead atoms. The molecule has 1 aromatic rings. The molecule has 5 heteroatoms. The van der Waals surface area contributed by atoms with Crippen LogP contribution in [0.3, 0.4) is 0 Å². The van der Waals surface area contributed by atoms with Crippen molar-refractivity contribution in [1.82, 2.24) is 0 Å². The zero-order chi connectivity index (χ0) is 12.1. The molecule has 0 spiro atoms. The molecule has 1 atom stereocenters. The zero-order valence-corrected chi connectivity index (χ0v) is 10.6. The molecule has 0 aliphatic carbocycles. The molecule has 0 aliphatic heterocycles.